The zero-order valence-corrected chi connectivity index (χ0v) is 16.1. The van der Waals surface area contributed by atoms with E-state index < -0.39 is 0 Å². The summed E-state index contributed by atoms with van der Waals surface area (Å²) < 4.78 is 2.04. The molecule has 3 aliphatic heterocycles. The van der Waals surface area contributed by atoms with E-state index in [2.05, 4.69) is 34.6 Å². The zero-order valence-electron chi connectivity index (χ0n) is 16.1. The van der Waals surface area contributed by atoms with E-state index in [4.69, 9.17) is 9.97 Å². The van der Waals surface area contributed by atoms with Crippen LogP contribution >= 0.6 is 0 Å². The molecule has 2 aromatic rings. The molecule has 0 radical (unpaired) electrons. The molecule has 5 heterocycles. The van der Waals surface area contributed by atoms with Crippen LogP contribution in [0.1, 0.15) is 54.2 Å². The van der Waals surface area contributed by atoms with Crippen molar-refractivity contribution in [3.8, 4) is 0 Å². The third-order valence-electron chi connectivity index (χ3n) is 6.57. The number of hydrogen-bond donors (Lipinski definition) is 0. The summed E-state index contributed by atoms with van der Waals surface area (Å²) in [6.45, 7) is 9.93. The summed E-state index contributed by atoms with van der Waals surface area (Å²) in [5.74, 6) is 0.945. The van der Waals surface area contributed by atoms with Gasteiger partial charge in [-0.05, 0) is 32.6 Å². The summed E-state index contributed by atoms with van der Waals surface area (Å²) in [7, 11) is 0. The molecule has 0 N–H and O–H groups in total. The van der Waals surface area contributed by atoms with Crippen molar-refractivity contribution in [2.45, 2.75) is 64.2 Å². The number of fused-ring (bicyclic) bond motifs is 4. The van der Waals surface area contributed by atoms with Crippen LogP contribution in [0.5, 0.6) is 0 Å². The normalized spacial score (nSPS) is 24.4. The Morgan fingerprint density at radius 1 is 1.22 bits per heavy atom. The first-order valence-electron chi connectivity index (χ1n) is 10.2. The van der Waals surface area contributed by atoms with Gasteiger partial charge in [-0.3, -0.25) is 9.58 Å². The molecule has 3 aliphatic rings. The average Bonchev–Trinajstić information content (AvgIpc) is 3.38. The minimum atomic E-state index is 0.452. The van der Waals surface area contributed by atoms with Crippen molar-refractivity contribution in [3.63, 3.8) is 0 Å². The first-order valence-corrected chi connectivity index (χ1v) is 10.2. The largest absolute Gasteiger partial charge is 0.341 e. The van der Waals surface area contributed by atoms with Crippen molar-refractivity contribution in [2.24, 2.45) is 0 Å². The minimum absolute atomic E-state index is 0.452. The lowest BCUT2D eigenvalue weighted by Gasteiger charge is -2.35. The summed E-state index contributed by atoms with van der Waals surface area (Å²) in [6, 6.07) is 1.04. The number of allylic oxidation sites excluding steroid dienone is 1. The van der Waals surface area contributed by atoms with Crippen LogP contribution in [0.15, 0.2) is 25.0 Å². The van der Waals surface area contributed by atoms with Crippen molar-refractivity contribution in [1.29, 1.82) is 0 Å². The summed E-state index contributed by atoms with van der Waals surface area (Å²) >= 11 is 0. The fourth-order valence-electron chi connectivity index (χ4n) is 5.02. The van der Waals surface area contributed by atoms with Gasteiger partial charge >= 0.3 is 0 Å². The van der Waals surface area contributed by atoms with Gasteiger partial charge in [-0.25, -0.2) is 9.97 Å². The summed E-state index contributed by atoms with van der Waals surface area (Å²) in [6.07, 6.45) is 12.1. The fraction of sp³-hybridized carbons (Fsp3) is 0.571. The molecule has 0 aliphatic carbocycles. The third-order valence-corrected chi connectivity index (χ3v) is 6.57. The van der Waals surface area contributed by atoms with Crippen molar-refractivity contribution in [3.05, 3.63) is 47.6 Å². The average molecular weight is 364 g/mol. The van der Waals surface area contributed by atoms with Gasteiger partial charge in [-0.15, -0.1) is 6.58 Å². The summed E-state index contributed by atoms with van der Waals surface area (Å²) in [5, 5.41) is 4.53. The van der Waals surface area contributed by atoms with E-state index in [9.17, 15) is 0 Å². The Morgan fingerprint density at radius 2 is 2.07 bits per heavy atom. The number of nitrogens with zero attached hydrogens (tertiary/aromatic N) is 6. The SMILES string of the molecule is C=CCn1ncc(CN2[C@@H]3CC[C@@H]2c2cnc(N4CCCC4)nc2C3)c1C. The minimum Gasteiger partial charge on any atom is -0.341 e. The van der Waals surface area contributed by atoms with Gasteiger partial charge in [0.1, 0.15) is 0 Å². The number of hydrogen-bond acceptors (Lipinski definition) is 5. The highest BCUT2D eigenvalue weighted by molar-refractivity contribution is 5.38. The van der Waals surface area contributed by atoms with E-state index in [1.165, 1.54) is 48.2 Å². The molecular weight excluding hydrogens is 336 g/mol. The van der Waals surface area contributed by atoms with E-state index in [0.29, 0.717) is 12.1 Å². The zero-order chi connectivity index (χ0) is 18.4. The van der Waals surface area contributed by atoms with Gasteiger partial charge in [-0.2, -0.15) is 5.10 Å². The first-order chi connectivity index (χ1) is 13.2. The Labute approximate surface area is 160 Å². The Kier molecular flexibility index (Phi) is 4.23. The molecule has 5 rings (SSSR count). The molecule has 2 fully saturated rings. The lowest BCUT2D eigenvalue weighted by Crippen LogP contribution is -2.38. The van der Waals surface area contributed by atoms with Gasteiger partial charge in [0, 0.05) is 61.2 Å². The lowest BCUT2D eigenvalue weighted by molar-refractivity contribution is 0.166. The number of aromatic nitrogens is 4. The molecule has 2 saturated heterocycles. The Hall–Kier alpha value is -2.21. The fourth-order valence-corrected chi connectivity index (χ4v) is 5.02. The third kappa shape index (κ3) is 2.87. The molecule has 27 heavy (non-hydrogen) atoms. The smallest absolute Gasteiger partial charge is 0.225 e. The number of rotatable bonds is 5. The molecule has 6 heteroatoms. The van der Waals surface area contributed by atoms with Gasteiger partial charge in [0.15, 0.2) is 0 Å². The van der Waals surface area contributed by atoms with Crippen LogP contribution in [-0.4, -0.2) is 43.8 Å². The standard InChI is InChI=1S/C21H28N6/c1-3-8-27-15(2)16(12-23-27)14-26-17-6-7-20(26)18-13-22-21(24-19(18)11-17)25-9-4-5-10-25/h3,12-13,17,20H,1,4-11,14H2,2H3/t17-,20-/m1/s1. The van der Waals surface area contributed by atoms with E-state index in [1.54, 1.807) is 0 Å². The maximum atomic E-state index is 4.98. The molecule has 0 unspecified atom stereocenters. The van der Waals surface area contributed by atoms with Crippen LogP contribution in [0.25, 0.3) is 0 Å². The van der Waals surface area contributed by atoms with Crippen molar-refractivity contribution >= 4 is 5.95 Å². The molecule has 2 bridgehead atoms. The number of anilines is 1. The molecular formula is C21H28N6. The molecule has 2 aromatic heterocycles. The second kappa shape index (κ2) is 6.75. The second-order valence-corrected chi connectivity index (χ2v) is 8.12. The van der Waals surface area contributed by atoms with Crippen LogP contribution in [-0.2, 0) is 19.5 Å². The molecule has 2 atom stereocenters. The van der Waals surface area contributed by atoms with Gasteiger partial charge in [0.05, 0.1) is 18.4 Å². The molecule has 142 valence electrons. The summed E-state index contributed by atoms with van der Waals surface area (Å²) in [5.41, 5.74) is 5.21. The second-order valence-electron chi connectivity index (χ2n) is 8.12. The quantitative estimate of drug-likeness (QED) is 0.764. The predicted molar refractivity (Wildman–Crippen MR) is 106 cm³/mol. The highest BCUT2D eigenvalue weighted by Crippen LogP contribution is 2.44. The van der Waals surface area contributed by atoms with Crippen LogP contribution < -0.4 is 4.90 Å². The van der Waals surface area contributed by atoms with Gasteiger partial charge < -0.3 is 4.90 Å². The molecule has 0 spiro atoms. The van der Waals surface area contributed by atoms with Crippen LogP contribution in [0, 0.1) is 6.92 Å². The lowest BCUT2D eigenvalue weighted by atomic mass is 9.98. The van der Waals surface area contributed by atoms with Crippen molar-refractivity contribution < 1.29 is 0 Å². The Morgan fingerprint density at radius 3 is 2.89 bits per heavy atom. The monoisotopic (exact) mass is 364 g/mol. The highest BCUT2D eigenvalue weighted by atomic mass is 15.3. The Balaban J connectivity index is 1.39. The van der Waals surface area contributed by atoms with Crippen LogP contribution in [0.4, 0.5) is 5.95 Å². The Bertz CT molecular complexity index is 850. The van der Waals surface area contributed by atoms with E-state index in [1.807, 2.05) is 17.0 Å². The predicted octanol–water partition coefficient (Wildman–Crippen LogP) is 3.03. The van der Waals surface area contributed by atoms with Crippen molar-refractivity contribution in [2.75, 3.05) is 18.0 Å². The topological polar surface area (TPSA) is 50.1 Å². The van der Waals surface area contributed by atoms with E-state index >= 15 is 0 Å². The van der Waals surface area contributed by atoms with Gasteiger partial charge in [0.2, 0.25) is 5.95 Å². The molecule has 0 amide bonds. The van der Waals surface area contributed by atoms with Crippen LogP contribution in [0.3, 0.4) is 0 Å². The molecule has 6 nitrogen and oxygen atoms in total. The molecule has 0 saturated carbocycles. The summed E-state index contributed by atoms with van der Waals surface area (Å²) in [4.78, 5) is 14.7. The maximum Gasteiger partial charge on any atom is 0.225 e. The van der Waals surface area contributed by atoms with Crippen molar-refractivity contribution in [1.82, 2.24) is 24.6 Å². The van der Waals surface area contributed by atoms with Crippen LogP contribution in [0.2, 0.25) is 0 Å². The highest BCUT2D eigenvalue weighted by Gasteiger charge is 2.41. The maximum absolute atomic E-state index is 4.98. The molecule has 0 aromatic carbocycles. The van der Waals surface area contributed by atoms with Gasteiger partial charge in [-0.1, -0.05) is 6.08 Å². The van der Waals surface area contributed by atoms with E-state index in [0.717, 1.165) is 38.5 Å². The van der Waals surface area contributed by atoms with E-state index in [-0.39, 0.29) is 0 Å². The first kappa shape index (κ1) is 16.9. The van der Waals surface area contributed by atoms with Gasteiger partial charge in [0.25, 0.3) is 0 Å².